The molecule has 0 aliphatic heterocycles. The Labute approximate surface area is 178 Å². The SMILES string of the molecule is C=Cc1ccc(NC(=O)NCCCCCCNC(=O)Nc2ccc(C=C)cc2)cc1. The van der Waals surface area contributed by atoms with Gasteiger partial charge in [-0.2, -0.15) is 0 Å². The fourth-order valence-corrected chi connectivity index (χ4v) is 2.76. The van der Waals surface area contributed by atoms with E-state index in [1.807, 2.05) is 48.5 Å². The second kappa shape index (κ2) is 12.8. The molecule has 0 unspecified atom stereocenters. The molecule has 0 heterocycles. The zero-order valence-corrected chi connectivity index (χ0v) is 17.2. The predicted molar refractivity (Wildman–Crippen MR) is 126 cm³/mol. The average Bonchev–Trinajstić information content (AvgIpc) is 2.76. The Bertz CT molecular complexity index is 758. The molecule has 2 rings (SSSR count). The highest BCUT2D eigenvalue weighted by molar-refractivity contribution is 5.89. The molecule has 2 aromatic rings. The molecule has 0 saturated heterocycles. The monoisotopic (exact) mass is 406 g/mol. The fraction of sp³-hybridized carbons (Fsp3) is 0.250. The Morgan fingerprint density at radius 2 is 1.00 bits per heavy atom. The molecule has 0 aromatic heterocycles. The third-order valence-corrected chi connectivity index (χ3v) is 4.48. The highest BCUT2D eigenvalue weighted by Gasteiger charge is 2.02. The Morgan fingerprint density at radius 1 is 0.633 bits per heavy atom. The molecule has 158 valence electrons. The van der Waals surface area contributed by atoms with E-state index in [1.54, 1.807) is 12.2 Å². The van der Waals surface area contributed by atoms with Gasteiger partial charge in [-0.1, -0.05) is 62.4 Å². The molecule has 0 bridgehead atoms. The van der Waals surface area contributed by atoms with E-state index >= 15 is 0 Å². The van der Waals surface area contributed by atoms with Crippen molar-refractivity contribution in [1.29, 1.82) is 0 Å². The molecule has 4 N–H and O–H groups in total. The number of urea groups is 2. The molecule has 0 aliphatic rings. The zero-order chi connectivity index (χ0) is 21.6. The molecule has 0 atom stereocenters. The van der Waals surface area contributed by atoms with Crippen LogP contribution >= 0.6 is 0 Å². The Hall–Kier alpha value is -3.54. The van der Waals surface area contributed by atoms with Gasteiger partial charge in [0.05, 0.1) is 0 Å². The van der Waals surface area contributed by atoms with Crippen LogP contribution in [0.4, 0.5) is 21.0 Å². The first-order valence-electron chi connectivity index (χ1n) is 10.2. The molecule has 2 aromatic carbocycles. The van der Waals surface area contributed by atoms with Crippen LogP contribution in [0, 0.1) is 0 Å². The van der Waals surface area contributed by atoms with E-state index in [9.17, 15) is 9.59 Å². The normalized spacial score (nSPS) is 10.0. The summed E-state index contributed by atoms with van der Waals surface area (Å²) in [5, 5.41) is 11.3. The molecular formula is C24H30N4O2. The minimum absolute atomic E-state index is 0.208. The van der Waals surface area contributed by atoms with Gasteiger partial charge in [0.1, 0.15) is 0 Å². The molecule has 0 spiro atoms. The molecule has 6 heteroatoms. The highest BCUT2D eigenvalue weighted by Crippen LogP contribution is 2.11. The van der Waals surface area contributed by atoms with Crippen LogP contribution in [0.2, 0.25) is 0 Å². The number of unbranched alkanes of at least 4 members (excludes halogenated alkanes) is 3. The number of anilines is 2. The van der Waals surface area contributed by atoms with Crippen molar-refractivity contribution in [1.82, 2.24) is 10.6 Å². The first-order valence-corrected chi connectivity index (χ1v) is 10.2. The third kappa shape index (κ3) is 8.65. The van der Waals surface area contributed by atoms with Crippen LogP contribution in [0.5, 0.6) is 0 Å². The predicted octanol–water partition coefficient (Wildman–Crippen LogP) is 5.48. The van der Waals surface area contributed by atoms with Crippen molar-refractivity contribution in [2.24, 2.45) is 0 Å². The molecule has 30 heavy (non-hydrogen) atoms. The number of hydrogen-bond donors (Lipinski definition) is 4. The van der Waals surface area contributed by atoms with E-state index in [1.165, 1.54) is 0 Å². The van der Waals surface area contributed by atoms with Gasteiger partial charge in [-0.3, -0.25) is 0 Å². The second-order valence-corrected chi connectivity index (χ2v) is 6.83. The minimum Gasteiger partial charge on any atom is -0.338 e. The maximum Gasteiger partial charge on any atom is 0.319 e. The van der Waals surface area contributed by atoms with Crippen LogP contribution in [0.3, 0.4) is 0 Å². The number of carbonyl (C=O) groups excluding carboxylic acids is 2. The number of carbonyl (C=O) groups is 2. The summed E-state index contributed by atoms with van der Waals surface area (Å²) < 4.78 is 0. The maximum absolute atomic E-state index is 11.9. The summed E-state index contributed by atoms with van der Waals surface area (Å²) in [6.45, 7) is 8.64. The van der Waals surface area contributed by atoms with Crippen LogP contribution in [-0.2, 0) is 0 Å². The molecule has 0 fully saturated rings. The van der Waals surface area contributed by atoms with E-state index in [0.29, 0.717) is 13.1 Å². The fourth-order valence-electron chi connectivity index (χ4n) is 2.76. The second-order valence-electron chi connectivity index (χ2n) is 6.83. The Morgan fingerprint density at radius 3 is 1.33 bits per heavy atom. The molecule has 6 nitrogen and oxygen atoms in total. The lowest BCUT2D eigenvalue weighted by Crippen LogP contribution is -2.30. The zero-order valence-electron chi connectivity index (χ0n) is 17.2. The van der Waals surface area contributed by atoms with Gasteiger partial charge in [0.15, 0.2) is 0 Å². The van der Waals surface area contributed by atoms with Gasteiger partial charge in [0.25, 0.3) is 0 Å². The lowest BCUT2D eigenvalue weighted by atomic mass is 10.2. The van der Waals surface area contributed by atoms with Crippen LogP contribution in [0.25, 0.3) is 12.2 Å². The van der Waals surface area contributed by atoms with Gasteiger partial charge < -0.3 is 21.3 Å². The van der Waals surface area contributed by atoms with E-state index in [4.69, 9.17) is 0 Å². The van der Waals surface area contributed by atoms with Crippen LogP contribution in [0.15, 0.2) is 61.7 Å². The number of rotatable bonds is 11. The number of amides is 4. The summed E-state index contributed by atoms with van der Waals surface area (Å²) in [7, 11) is 0. The van der Waals surface area contributed by atoms with E-state index < -0.39 is 0 Å². The van der Waals surface area contributed by atoms with Gasteiger partial charge in [-0.05, 0) is 48.2 Å². The molecule has 0 saturated carbocycles. The minimum atomic E-state index is -0.208. The molecule has 0 radical (unpaired) electrons. The highest BCUT2D eigenvalue weighted by atomic mass is 16.2. The summed E-state index contributed by atoms with van der Waals surface area (Å²) in [4.78, 5) is 23.7. The average molecular weight is 407 g/mol. The number of nitrogens with one attached hydrogen (secondary N) is 4. The van der Waals surface area contributed by atoms with E-state index in [-0.39, 0.29) is 12.1 Å². The summed E-state index contributed by atoms with van der Waals surface area (Å²) in [6.07, 6.45) is 7.28. The topological polar surface area (TPSA) is 82.3 Å². The quantitative estimate of drug-likeness (QED) is 0.373. The number of hydrogen-bond acceptors (Lipinski definition) is 2. The summed E-state index contributed by atoms with van der Waals surface area (Å²) in [5.41, 5.74) is 3.52. The van der Waals surface area contributed by atoms with Gasteiger partial charge in [0, 0.05) is 24.5 Å². The Kier molecular flexibility index (Phi) is 9.73. The van der Waals surface area contributed by atoms with Crippen molar-refractivity contribution in [2.45, 2.75) is 25.7 Å². The van der Waals surface area contributed by atoms with Crippen molar-refractivity contribution >= 4 is 35.6 Å². The smallest absolute Gasteiger partial charge is 0.319 e. The van der Waals surface area contributed by atoms with Gasteiger partial charge in [0.2, 0.25) is 0 Å². The van der Waals surface area contributed by atoms with Gasteiger partial charge >= 0.3 is 12.1 Å². The molecule has 4 amide bonds. The van der Waals surface area contributed by atoms with Gasteiger partial charge in [-0.25, -0.2) is 9.59 Å². The molecule has 0 aliphatic carbocycles. The van der Waals surface area contributed by atoms with Crippen molar-refractivity contribution in [3.05, 3.63) is 72.8 Å². The van der Waals surface area contributed by atoms with Crippen LogP contribution in [-0.4, -0.2) is 25.2 Å². The van der Waals surface area contributed by atoms with E-state index in [0.717, 1.165) is 48.2 Å². The van der Waals surface area contributed by atoms with E-state index in [2.05, 4.69) is 34.4 Å². The summed E-state index contributed by atoms with van der Waals surface area (Å²) in [5.74, 6) is 0. The first kappa shape index (κ1) is 22.7. The first-order chi connectivity index (χ1) is 14.6. The van der Waals surface area contributed by atoms with Crippen LogP contribution in [0.1, 0.15) is 36.8 Å². The Balaban J connectivity index is 1.48. The van der Waals surface area contributed by atoms with Crippen LogP contribution < -0.4 is 21.3 Å². The van der Waals surface area contributed by atoms with Crippen molar-refractivity contribution < 1.29 is 9.59 Å². The lowest BCUT2D eigenvalue weighted by molar-refractivity contribution is 0.250. The number of benzene rings is 2. The summed E-state index contributed by atoms with van der Waals surface area (Å²) in [6, 6.07) is 14.6. The summed E-state index contributed by atoms with van der Waals surface area (Å²) >= 11 is 0. The van der Waals surface area contributed by atoms with Gasteiger partial charge in [-0.15, -0.1) is 0 Å². The standard InChI is InChI=1S/C24H30N4O2/c1-3-19-9-13-21(14-10-19)27-23(29)25-17-7-5-6-8-18-26-24(30)28-22-15-11-20(4-2)12-16-22/h3-4,9-16H,1-2,5-8,17-18H2,(H2,25,27,29)(H2,26,28,30). The molecular weight excluding hydrogens is 376 g/mol. The van der Waals surface area contributed by atoms with Crippen molar-refractivity contribution in [3.63, 3.8) is 0 Å². The maximum atomic E-state index is 11.9. The van der Waals surface area contributed by atoms with Crippen molar-refractivity contribution in [2.75, 3.05) is 23.7 Å². The van der Waals surface area contributed by atoms with Crippen molar-refractivity contribution in [3.8, 4) is 0 Å². The lowest BCUT2D eigenvalue weighted by Gasteiger charge is -2.09. The largest absolute Gasteiger partial charge is 0.338 e. The third-order valence-electron chi connectivity index (χ3n) is 4.48.